The van der Waals surface area contributed by atoms with Crippen LogP contribution in [0.3, 0.4) is 0 Å². The third-order valence-corrected chi connectivity index (χ3v) is 2.29. The Bertz CT molecular complexity index is 232. The first-order chi connectivity index (χ1) is 4.83. The monoisotopic (exact) mass is 153 g/mol. The van der Waals surface area contributed by atoms with Crippen molar-refractivity contribution in [1.29, 1.82) is 0 Å². The largest absolute Gasteiger partial charge is 0.298 e. The summed E-state index contributed by atoms with van der Waals surface area (Å²) in [6, 6.07) is 0. The summed E-state index contributed by atoms with van der Waals surface area (Å²) in [5.41, 5.74) is 5.67. The second-order valence-corrected chi connectivity index (χ2v) is 3.32. The highest BCUT2D eigenvalue weighted by Gasteiger charge is 1.92. The van der Waals surface area contributed by atoms with E-state index in [4.69, 9.17) is 5.73 Å². The number of allylic oxidation sites excluding steroid dienone is 3. The smallest absolute Gasteiger partial charge is 0.0432 e. The lowest BCUT2D eigenvalue weighted by Crippen LogP contribution is -2.06. The molecule has 0 aromatic heterocycles. The molecule has 1 rings (SSSR count). The molecule has 1 nitrogen and oxygen atoms in total. The second-order valence-electron chi connectivity index (χ2n) is 2.12. The van der Waals surface area contributed by atoms with Crippen molar-refractivity contribution < 1.29 is 0 Å². The maximum atomic E-state index is 5.67. The molecule has 10 heavy (non-hydrogen) atoms. The Hall–Kier alpha value is -0.600. The zero-order valence-corrected chi connectivity index (χ0v) is 6.66. The predicted octanol–water partition coefficient (Wildman–Crippen LogP) is 1.52. The zero-order valence-electron chi connectivity index (χ0n) is 5.84. The quantitative estimate of drug-likeness (QED) is 0.448. The first kappa shape index (κ1) is 7.51. The Labute approximate surface area is 64.8 Å². The van der Waals surface area contributed by atoms with Crippen molar-refractivity contribution in [2.45, 2.75) is 12.8 Å². The Morgan fingerprint density at radius 3 is 3.20 bits per heavy atom. The molecule has 0 aliphatic carbocycles. The molecule has 2 heteroatoms. The van der Waals surface area contributed by atoms with Crippen LogP contribution in [0.1, 0.15) is 12.8 Å². The summed E-state index contributed by atoms with van der Waals surface area (Å²) in [5.74, 6) is 0. The van der Waals surface area contributed by atoms with Crippen LogP contribution in [-0.2, 0) is 0 Å². The first-order valence-electron chi connectivity index (χ1n) is 3.28. The summed E-state index contributed by atoms with van der Waals surface area (Å²) in [6.45, 7) is 3.68. The number of hydrogen-bond donors (Lipinski definition) is 1. The van der Waals surface area contributed by atoms with Crippen molar-refractivity contribution in [3.63, 3.8) is 0 Å². The summed E-state index contributed by atoms with van der Waals surface area (Å²) in [7, 11) is 1.61. The summed E-state index contributed by atoms with van der Waals surface area (Å²) in [6.07, 6.45) is 8.06. The molecule has 0 atom stereocenters. The van der Waals surface area contributed by atoms with E-state index in [1.54, 1.807) is 10.9 Å². The Morgan fingerprint density at radius 1 is 1.70 bits per heavy atom. The van der Waals surface area contributed by atoms with E-state index in [0.29, 0.717) is 0 Å². The molecule has 0 unspecified atom stereocenters. The second kappa shape index (κ2) is 3.54. The summed E-state index contributed by atoms with van der Waals surface area (Å²) in [5, 5.41) is 0. The van der Waals surface area contributed by atoms with Gasteiger partial charge in [-0.1, -0.05) is 18.7 Å². The minimum Gasteiger partial charge on any atom is -0.298 e. The average Bonchev–Trinajstić information content (AvgIpc) is 2.13. The lowest BCUT2D eigenvalue weighted by Gasteiger charge is -1.87. The van der Waals surface area contributed by atoms with E-state index in [1.165, 1.54) is 0 Å². The van der Waals surface area contributed by atoms with Crippen LogP contribution in [0.5, 0.6) is 0 Å². The van der Waals surface area contributed by atoms with Crippen molar-refractivity contribution in [3.8, 4) is 0 Å². The third-order valence-electron chi connectivity index (χ3n) is 1.29. The van der Waals surface area contributed by atoms with Gasteiger partial charge in [-0.15, -0.1) is 10.9 Å². The SMILES string of the molecule is C=CC1=S=C(N)CCC=C1. The molecule has 0 aromatic rings. The highest BCUT2D eigenvalue weighted by Crippen LogP contribution is 2.00. The van der Waals surface area contributed by atoms with Gasteiger partial charge < -0.3 is 0 Å². The summed E-state index contributed by atoms with van der Waals surface area (Å²) in [4.78, 5) is 2.13. The van der Waals surface area contributed by atoms with Gasteiger partial charge in [0.05, 0.1) is 0 Å². The van der Waals surface area contributed by atoms with Crippen molar-refractivity contribution in [1.82, 2.24) is 0 Å². The van der Waals surface area contributed by atoms with Crippen LogP contribution in [0.15, 0.2) is 24.8 Å². The van der Waals surface area contributed by atoms with Crippen LogP contribution in [0, 0.1) is 0 Å². The van der Waals surface area contributed by atoms with E-state index >= 15 is 0 Å². The van der Waals surface area contributed by atoms with Crippen LogP contribution < -0.4 is 5.73 Å². The molecule has 0 amide bonds. The van der Waals surface area contributed by atoms with E-state index in [1.807, 2.05) is 6.08 Å². The lowest BCUT2D eigenvalue weighted by molar-refractivity contribution is 1.10. The Morgan fingerprint density at radius 2 is 2.50 bits per heavy atom. The molecule has 1 aliphatic heterocycles. The first-order valence-corrected chi connectivity index (χ1v) is 4.09. The van der Waals surface area contributed by atoms with E-state index in [9.17, 15) is 0 Å². The minimum atomic E-state index is 0.985. The third kappa shape index (κ3) is 1.97. The van der Waals surface area contributed by atoms with Crippen molar-refractivity contribution in [3.05, 3.63) is 24.8 Å². The van der Waals surface area contributed by atoms with E-state index < -0.39 is 0 Å². The minimum absolute atomic E-state index is 0.985. The molecule has 2 N–H and O–H groups in total. The van der Waals surface area contributed by atoms with E-state index in [2.05, 4.69) is 18.7 Å². The van der Waals surface area contributed by atoms with Gasteiger partial charge in [0.15, 0.2) is 0 Å². The highest BCUT2D eigenvalue weighted by molar-refractivity contribution is 7.98. The van der Waals surface area contributed by atoms with Crippen molar-refractivity contribution >= 4 is 20.8 Å². The number of rotatable bonds is 1. The molecule has 1 heterocycles. The molecular weight excluding hydrogens is 142 g/mol. The maximum Gasteiger partial charge on any atom is 0.0432 e. The van der Waals surface area contributed by atoms with Crippen LogP contribution in [0.4, 0.5) is 0 Å². The topological polar surface area (TPSA) is 26.0 Å². The summed E-state index contributed by atoms with van der Waals surface area (Å²) < 4.78 is 0. The van der Waals surface area contributed by atoms with Gasteiger partial charge in [-0.25, -0.2) is 0 Å². The molecule has 0 saturated heterocycles. The molecule has 0 fully saturated rings. The molecule has 0 aromatic carbocycles. The van der Waals surface area contributed by atoms with Crippen LogP contribution in [0.2, 0.25) is 0 Å². The van der Waals surface area contributed by atoms with Gasteiger partial charge in [0.25, 0.3) is 0 Å². The van der Waals surface area contributed by atoms with Crippen molar-refractivity contribution in [2.75, 3.05) is 0 Å². The van der Waals surface area contributed by atoms with Crippen LogP contribution >= 0.6 is 10.9 Å². The fraction of sp³-hybridized carbons (Fsp3) is 0.250. The van der Waals surface area contributed by atoms with Gasteiger partial charge in [-0.05, 0) is 18.9 Å². The molecule has 0 spiro atoms. The van der Waals surface area contributed by atoms with Crippen LogP contribution in [0.25, 0.3) is 0 Å². The number of nitrogens with two attached hydrogens (primary N) is 1. The Balaban J connectivity index is 3.01. The van der Waals surface area contributed by atoms with Crippen molar-refractivity contribution in [2.24, 2.45) is 5.73 Å². The number of hydrogen-bond acceptors (Lipinski definition) is 1. The lowest BCUT2D eigenvalue weighted by atomic mass is 10.2. The van der Waals surface area contributed by atoms with Crippen LogP contribution in [-0.4, -0.2) is 9.85 Å². The van der Waals surface area contributed by atoms with E-state index in [-0.39, 0.29) is 0 Å². The molecule has 0 bridgehead atoms. The normalized spacial score (nSPS) is 18.1. The highest BCUT2D eigenvalue weighted by atomic mass is 32.1. The zero-order chi connectivity index (χ0) is 7.40. The molecule has 54 valence electrons. The Kier molecular flexibility index (Phi) is 2.66. The molecular formula is C8H11NS. The predicted molar refractivity (Wildman–Crippen MR) is 50.4 cm³/mol. The molecule has 0 radical (unpaired) electrons. The fourth-order valence-electron chi connectivity index (χ4n) is 0.771. The standard InChI is InChI=1S/C8H11NS/c1-2-7-5-3-4-6-8(9)10-7/h2-3,5H,1,4,6,9H2. The maximum absolute atomic E-state index is 5.67. The average molecular weight is 153 g/mol. The van der Waals surface area contributed by atoms with Gasteiger partial charge >= 0.3 is 0 Å². The fourth-order valence-corrected chi connectivity index (χ4v) is 1.54. The van der Waals surface area contributed by atoms with Gasteiger partial charge in [-0.3, -0.25) is 5.73 Å². The van der Waals surface area contributed by atoms with Gasteiger partial charge in [-0.2, -0.15) is 0 Å². The van der Waals surface area contributed by atoms with Gasteiger partial charge in [0.2, 0.25) is 0 Å². The molecule has 1 aliphatic rings. The van der Waals surface area contributed by atoms with Gasteiger partial charge in [0.1, 0.15) is 0 Å². The molecule has 0 saturated carbocycles. The van der Waals surface area contributed by atoms with E-state index in [0.717, 1.165) is 22.7 Å². The van der Waals surface area contributed by atoms with Gasteiger partial charge in [0, 0.05) is 9.85 Å². The summed E-state index contributed by atoms with van der Waals surface area (Å²) >= 11 is 0.